The Hall–Kier alpha value is -2.80. The van der Waals surface area contributed by atoms with E-state index in [0.717, 1.165) is 5.75 Å². The molecule has 3 aromatic rings. The maximum absolute atomic E-state index is 12.8. The summed E-state index contributed by atoms with van der Waals surface area (Å²) in [5.41, 5.74) is 1.26. The van der Waals surface area contributed by atoms with Crippen LogP contribution in [0.1, 0.15) is 20.3 Å². The summed E-state index contributed by atoms with van der Waals surface area (Å²) in [7, 11) is 1.60. The maximum Gasteiger partial charge on any atom is 0.262 e. The van der Waals surface area contributed by atoms with Gasteiger partial charge < -0.3 is 10.1 Å². The maximum atomic E-state index is 12.8. The highest BCUT2D eigenvalue weighted by molar-refractivity contribution is 8.00. The van der Waals surface area contributed by atoms with Crippen LogP contribution in [0, 0.1) is 0 Å². The van der Waals surface area contributed by atoms with Crippen LogP contribution in [0.25, 0.3) is 10.9 Å². The number of amides is 1. The van der Waals surface area contributed by atoms with Crippen LogP contribution in [0.5, 0.6) is 5.75 Å². The van der Waals surface area contributed by atoms with Crippen LogP contribution in [0.3, 0.4) is 0 Å². The summed E-state index contributed by atoms with van der Waals surface area (Å²) in [6, 6.07) is 14.5. The quantitative estimate of drug-likeness (QED) is 0.483. The number of nitrogens with zero attached hydrogens (tertiary/aromatic N) is 2. The molecule has 0 aliphatic carbocycles. The number of methoxy groups -OCH3 is 1. The normalized spacial score (nSPS) is 12.0. The lowest BCUT2D eigenvalue weighted by molar-refractivity contribution is -0.115. The average Bonchev–Trinajstić information content (AvgIpc) is 2.72. The molecule has 0 aliphatic heterocycles. The fourth-order valence-corrected chi connectivity index (χ4v) is 3.94. The Morgan fingerprint density at radius 3 is 2.54 bits per heavy atom. The van der Waals surface area contributed by atoms with Gasteiger partial charge >= 0.3 is 0 Å². The summed E-state index contributed by atoms with van der Waals surface area (Å²) in [6.45, 7) is 4.34. The minimum atomic E-state index is -0.368. The van der Waals surface area contributed by atoms with Crippen LogP contribution in [0.15, 0.2) is 58.5 Å². The molecule has 1 heterocycles. The number of para-hydroxylation sites is 1. The van der Waals surface area contributed by atoms with Crippen molar-refractivity contribution in [1.29, 1.82) is 0 Å². The summed E-state index contributed by atoms with van der Waals surface area (Å²) in [4.78, 5) is 30.2. The first-order valence-corrected chi connectivity index (χ1v) is 10.1. The number of carbonyl (C=O) groups excluding carboxylic acids is 1. The van der Waals surface area contributed by atoms with E-state index in [1.165, 1.54) is 11.8 Å². The van der Waals surface area contributed by atoms with E-state index in [0.29, 0.717) is 34.7 Å². The van der Waals surface area contributed by atoms with Gasteiger partial charge in [-0.2, -0.15) is 0 Å². The minimum absolute atomic E-state index is 0.0824. The van der Waals surface area contributed by atoms with Gasteiger partial charge in [0.25, 0.3) is 5.56 Å². The number of rotatable bonds is 7. The van der Waals surface area contributed by atoms with Crippen molar-refractivity contribution in [2.75, 3.05) is 12.4 Å². The van der Waals surface area contributed by atoms with Gasteiger partial charge in [-0.05, 0) is 49.7 Å². The number of benzene rings is 2. The van der Waals surface area contributed by atoms with Crippen molar-refractivity contribution >= 4 is 34.3 Å². The lowest BCUT2D eigenvalue weighted by Crippen LogP contribution is -2.28. The van der Waals surface area contributed by atoms with Crippen molar-refractivity contribution in [1.82, 2.24) is 9.55 Å². The number of carbonyl (C=O) groups is 1. The third-order valence-electron chi connectivity index (χ3n) is 4.41. The van der Waals surface area contributed by atoms with E-state index in [4.69, 9.17) is 4.74 Å². The number of fused-ring (bicyclic) bond motifs is 1. The van der Waals surface area contributed by atoms with E-state index >= 15 is 0 Å². The molecule has 7 heteroatoms. The van der Waals surface area contributed by atoms with Crippen LogP contribution >= 0.6 is 11.8 Å². The van der Waals surface area contributed by atoms with Gasteiger partial charge in [0, 0.05) is 12.2 Å². The number of aromatic nitrogens is 2. The highest BCUT2D eigenvalue weighted by atomic mass is 32.2. The molecule has 0 fully saturated rings. The van der Waals surface area contributed by atoms with Crippen molar-refractivity contribution in [3.05, 3.63) is 58.9 Å². The largest absolute Gasteiger partial charge is 0.497 e. The zero-order valence-electron chi connectivity index (χ0n) is 16.1. The highest BCUT2D eigenvalue weighted by Gasteiger charge is 2.21. The smallest absolute Gasteiger partial charge is 0.262 e. The lowest BCUT2D eigenvalue weighted by Gasteiger charge is -2.17. The molecule has 6 nitrogen and oxygen atoms in total. The molecule has 1 amide bonds. The molecule has 3 rings (SSSR count). The average molecular weight is 398 g/mol. The summed E-state index contributed by atoms with van der Waals surface area (Å²) < 4.78 is 6.76. The van der Waals surface area contributed by atoms with Crippen LogP contribution in [0.2, 0.25) is 0 Å². The molecule has 1 atom stereocenters. The SMILES string of the molecule is CCC(Sc1nc2ccccc2c(=O)n1CC)C(=O)Nc1ccc(OC)cc1. The lowest BCUT2D eigenvalue weighted by atomic mass is 10.2. The molecule has 0 radical (unpaired) electrons. The molecule has 1 N–H and O–H groups in total. The van der Waals surface area contributed by atoms with Gasteiger partial charge in [-0.3, -0.25) is 14.2 Å². The molecule has 146 valence electrons. The summed E-state index contributed by atoms with van der Waals surface area (Å²) in [5.74, 6) is 0.606. The van der Waals surface area contributed by atoms with Crippen molar-refractivity contribution < 1.29 is 9.53 Å². The van der Waals surface area contributed by atoms with Crippen molar-refractivity contribution in [3.63, 3.8) is 0 Å². The van der Waals surface area contributed by atoms with Gasteiger partial charge in [0.1, 0.15) is 5.75 Å². The van der Waals surface area contributed by atoms with Crippen molar-refractivity contribution in [3.8, 4) is 5.75 Å². The third kappa shape index (κ3) is 4.20. The molecule has 1 aromatic heterocycles. The first kappa shape index (κ1) is 19.9. The summed E-state index contributed by atoms with van der Waals surface area (Å²) in [6.07, 6.45) is 0.610. The predicted molar refractivity (Wildman–Crippen MR) is 113 cm³/mol. The molecule has 0 saturated heterocycles. The van der Waals surface area contributed by atoms with Gasteiger partial charge in [0.15, 0.2) is 5.16 Å². The number of hydrogen-bond donors (Lipinski definition) is 1. The van der Waals surface area contributed by atoms with Crippen LogP contribution < -0.4 is 15.6 Å². The van der Waals surface area contributed by atoms with Crippen LogP contribution in [-0.4, -0.2) is 27.8 Å². The molecule has 1 unspecified atom stereocenters. The molecule has 28 heavy (non-hydrogen) atoms. The Labute approximate surface area is 167 Å². The fourth-order valence-electron chi connectivity index (χ4n) is 2.86. The Morgan fingerprint density at radius 2 is 1.89 bits per heavy atom. The molecule has 0 bridgehead atoms. The first-order chi connectivity index (χ1) is 13.6. The zero-order valence-corrected chi connectivity index (χ0v) is 17.0. The van der Waals surface area contributed by atoms with Crippen LogP contribution in [-0.2, 0) is 11.3 Å². The second kappa shape index (κ2) is 8.93. The van der Waals surface area contributed by atoms with E-state index in [2.05, 4.69) is 10.3 Å². The molecule has 0 aliphatic rings. The fraction of sp³-hybridized carbons (Fsp3) is 0.286. The minimum Gasteiger partial charge on any atom is -0.497 e. The third-order valence-corrected chi connectivity index (χ3v) is 5.77. The van der Waals surface area contributed by atoms with E-state index in [-0.39, 0.29) is 16.7 Å². The number of hydrogen-bond acceptors (Lipinski definition) is 5. The highest BCUT2D eigenvalue weighted by Crippen LogP contribution is 2.26. The molecule has 0 spiro atoms. The standard InChI is InChI=1S/C21H23N3O3S/c1-4-18(19(25)22-14-10-12-15(27-3)13-11-14)28-21-23-17-9-7-6-8-16(17)20(26)24(21)5-2/h6-13,18H,4-5H2,1-3H3,(H,22,25). The molecular formula is C21H23N3O3S. The van der Waals surface area contributed by atoms with Gasteiger partial charge in [-0.15, -0.1) is 0 Å². The second-order valence-electron chi connectivity index (χ2n) is 6.19. The van der Waals surface area contributed by atoms with Gasteiger partial charge in [-0.25, -0.2) is 4.98 Å². The number of anilines is 1. The van der Waals surface area contributed by atoms with Gasteiger partial charge in [0.2, 0.25) is 5.91 Å². The van der Waals surface area contributed by atoms with E-state index in [1.54, 1.807) is 42.0 Å². The molecular weight excluding hydrogens is 374 g/mol. The number of nitrogens with one attached hydrogen (secondary N) is 1. The van der Waals surface area contributed by atoms with E-state index < -0.39 is 0 Å². The first-order valence-electron chi connectivity index (χ1n) is 9.18. The van der Waals surface area contributed by atoms with Gasteiger partial charge in [-0.1, -0.05) is 30.8 Å². The van der Waals surface area contributed by atoms with Crippen molar-refractivity contribution in [2.24, 2.45) is 0 Å². The Balaban J connectivity index is 1.85. The van der Waals surface area contributed by atoms with E-state index in [1.807, 2.05) is 32.0 Å². The Kier molecular flexibility index (Phi) is 6.36. The topological polar surface area (TPSA) is 73.2 Å². The Bertz CT molecular complexity index is 1030. The second-order valence-corrected chi connectivity index (χ2v) is 7.36. The van der Waals surface area contributed by atoms with Crippen LogP contribution in [0.4, 0.5) is 5.69 Å². The number of ether oxygens (including phenoxy) is 1. The zero-order chi connectivity index (χ0) is 20.1. The van der Waals surface area contributed by atoms with Gasteiger partial charge in [0.05, 0.1) is 23.3 Å². The summed E-state index contributed by atoms with van der Waals surface area (Å²) in [5, 5.41) is 3.70. The number of thioether (sulfide) groups is 1. The summed E-state index contributed by atoms with van der Waals surface area (Å²) >= 11 is 1.32. The van der Waals surface area contributed by atoms with E-state index in [9.17, 15) is 9.59 Å². The molecule has 2 aromatic carbocycles. The monoisotopic (exact) mass is 397 g/mol. The molecule has 0 saturated carbocycles. The Morgan fingerprint density at radius 1 is 1.18 bits per heavy atom. The predicted octanol–water partition coefficient (Wildman–Crippen LogP) is 3.93. The van der Waals surface area contributed by atoms with Crippen molar-refractivity contribution in [2.45, 2.75) is 37.2 Å².